The Hall–Kier alpha value is -2.06. The molecule has 0 atom stereocenters. The molecular weight excluding hydrogens is 408 g/mol. The lowest BCUT2D eigenvalue weighted by molar-refractivity contribution is -0.133. The Morgan fingerprint density at radius 1 is 1.08 bits per heavy atom. The first kappa shape index (κ1) is 17.4. The van der Waals surface area contributed by atoms with E-state index >= 15 is 0 Å². The summed E-state index contributed by atoms with van der Waals surface area (Å²) < 4.78 is 6.12. The largest absolute Gasteiger partial charge is 0.426 e. The SMILES string of the molecule is O=C(Cc1csc(-c2ccc(Cl)s2)n1)Oc1ccc(-c2nccs2)cc1. The van der Waals surface area contributed by atoms with Gasteiger partial charge in [-0.3, -0.25) is 4.79 Å². The van der Waals surface area contributed by atoms with Gasteiger partial charge in [0, 0.05) is 22.5 Å². The number of thiophene rings is 1. The third-order valence-corrected chi connectivity index (χ3v) is 6.54. The maximum absolute atomic E-state index is 12.2. The molecule has 4 nitrogen and oxygen atoms in total. The smallest absolute Gasteiger partial charge is 0.317 e. The first-order valence-electron chi connectivity index (χ1n) is 7.58. The Balaban J connectivity index is 1.39. The summed E-state index contributed by atoms with van der Waals surface area (Å²) in [6.45, 7) is 0. The van der Waals surface area contributed by atoms with Crippen LogP contribution in [0.3, 0.4) is 0 Å². The van der Waals surface area contributed by atoms with Gasteiger partial charge in [0.05, 0.1) is 21.3 Å². The number of aromatic nitrogens is 2. The minimum Gasteiger partial charge on any atom is -0.426 e. The van der Waals surface area contributed by atoms with Gasteiger partial charge < -0.3 is 4.74 Å². The topological polar surface area (TPSA) is 52.1 Å². The average molecular weight is 419 g/mol. The maximum atomic E-state index is 12.2. The van der Waals surface area contributed by atoms with E-state index in [1.54, 1.807) is 29.7 Å². The summed E-state index contributed by atoms with van der Waals surface area (Å²) in [4.78, 5) is 21.9. The Morgan fingerprint density at radius 2 is 1.92 bits per heavy atom. The van der Waals surface area contributed by atoms with Crippen molar-refractivity contribution in [1.82, 2.24) is 9.97 Å². The van der Waals surface area contributed by atoms with Crippen LogP contribution in [-0.2, 0) is 11.2 Å². The summed E-state index contributed by atoms with van der Waals surface area (Å²) in [6.07, 6.45) is 1.89. The van der Waals surface area contributed by atoms with Crippen LogP contribution in [0.25, 0.3) is 20.5 Å². The average Bonchev–Trinajstić information content (AvgIpc) is 3.37. The molecule has 0 aliphatic heterocycles. The highest BCUT2D eigenvalue weighted by molar-refractivity contribution is 7.23. The summed E-state index contributed by atoms with van der Waals surface area (Å²) >= 11 is 10.5. The van der Waals surface area contributed by atoms with Gasteiger partial charge in [0.2, 0.25) is 0 Å². The van der Waals surface area contributed by atoms with Crippen molar-refractivity contribution in [2.45, 2.75) is 6.42 Å². The van der Waals surface area contributed by atoms with E-state index in [0.717, 1.165) is 24.8 Å². The number of benzene rings is 1. The van der Waals surface area contributed by atoms with E-state index < -0.39 is 0 Å². The molecule has 0 aliphatic carbocycles. The second-order valence-electron chi connectivity index (χ2n) is 5.26. The van der Waals surface area contributed by atoms with Crippen molar-refractivity contribution in [2.75, 3.05) is 0 Å². The van der Waals surface area contributed by atoms with Crippen LogP contribution in [0, 0.1) is 0 Å². The van der Waals surface area contributed by atoms with E-state index in [-0.39, 0.29) is 12.4 Å². The first-order chi connectivity index (χ1) is 12.7. The van der Waals surface area contributed by atoms with Crippen molar-refractivity contribution < 1.29 is 9.53 Å². The van der Waals surface area contributed by atoms with E-state index in [0.29, 0.717) is 11.4 Å². The van der Waals surface area contributed by atoms with E-state index in [1.165, 1.54) is 22.7 Å². The molecular formula is C18H11ClN2O2S3. The quantitative estimate of drug-likeness (QED) is 0.303. The van der Waals surface area contributed by atoms with E-state index in [9.17, 15) is 4.79 Å². The molecule has 0 saturated heterocycles. The summed E-state index contributed by atoms with van der Waals surface area (Å²) in [6, 6.07) is 11.1. The number of hydrogen-bond donors (Lipinski definition) is 0. The van der Waals surface area contributed by atoms with Crippen molar-refractivity contribution in [1.29, 1.82) is 0 Å². The van der Waals surface area contributed by atoms with Crippen molar-refractivity contribution >= 4 is 51.6 Å². The highest BCUT2D eigenvalue weighted by atomic mass is 35.5. The van der Waals surface area contributed by atoms with Gasteiger partial charge in [-0.25, -0.2) is 9.97 Å². The van der Waals surface area contributed by atoms with Crippen LogP contribution in [0.1, 0.15) is 5.69 Å². The van der Waals surface area contributed by atoms with Crippen molar-refractivity contribution in [3.8, 4) is 26.2 Å². The zero-order chi connectivity index (χ0) is 17.9. The summed E-state index contributed by atoms with van der Waals surface area (Å²) in [5.74, 6) is 0.170. The fraction of sp³-hybridized carbons (Fsp3) is 0.0556. The molecule has 26 heavy (non-hydrogen) atoms. The van der Waals surface area contributed by atoms with Crippen molar-refractivity contribution in [3.05, 3.63) is 63.4 Å². The molecule has 0 spiro atoms. The predicted molar refractivity (Wildman–Crippen MR) is 107 cm³/mol. The van der Waals surface area contributed by atoms with Crippen LogP contribution in [-0.4, -0.2) is 15.9 Å². The number of ether oxygens (including phenoxy) is 1. The molecule has 8 heteroatoms. The molecule has 130 valence electrons. The number of hydrogen-bond acceptors (Lipinski definition) is 7. The summed E-state index contributed by atoms with van der Waals surface area (Å²) in [5, 5.41) is 5.59. The van der Waals surface area contributed by atoms with Gasteiger partial charge in [0.25, 0.3) is 0 Å². The standard InChI is InChI=1S/C18H11ClN2O2S3/c19-15-6-5-14(26-15)18-21-12(10-25-18)9-16(22)23-13-3-1-11(2-4-13)17-20-7-8-24-17/h1-8,10H,9H2. The number of carbonyl (C=O) groups is 1. The molecule has 0 N–H and O–H groups in total. The molecule has 4 aromatic rings. The predicted octanol–water partition coefficient (Wildman–Crippen LogP) is 5.80. The van der Waals surface area contributed by atoms with Crippen molar-refractivity contribution in [2.24, 2.45) is 0 Å². The number of esters is 1. The highest BCUT2D eigenvalue weighted by Crippen LogP contribution is 2.33. The Morgan fingerprint density at radius 3 is 2.62 bits per heavy atom. The fourth-order valence-corrected chi connectivity index (χ4v) is 4.86. The molecule has 1 aromatic carbocycles. The Kier molecular flexibility index (Phi) is 5.12. The number of thiazole rings is 2. The lowest BCUT2D eigenvalue weighted by Gasteiger charge is -2.04. The molecule has 0 amide bonds. The summed E-state index contributed by atoms with van der Waals surface area (Å²) in [5.41, 5.74) is 1.69. The van der Waals surface area contributed by atoms with Gasteiger partial charge in [-0.15, -0.1) is 34.0 Å². The number of rotatable bonds is 5. The second-order valence-corrected chi connectivity index (χ2v) is 8.73. The van der Waals surface area contributed by atoms with Crippen molar-refractivity contribution in [3.63, 3.8) is 0 Å². The van der Waals surface area contributed by atoms with Crippen LogP contribution < -0.4 is 4.74 Å². The van der Waals surface area contributed by atoms with Crippen LogP contribution >= 0.6 is 45.6 Å². The van der Waals surface area contributed by atoms with Gasteiger partial charge in [-0.1, -0.05) is 11.6 Å². The van der Waals surface area contributed by atoms with Gasteiger partial charge in [-0.2, -0.15) is 0 Å². The maximum Gasteiger partial charge on any atom is 0.317 e. The molecule has 0 unspecified atom stereocenters. The number of nitrogens with zero attached hydrogens (tertiary/aromatic N) is 2. The first-order valence-corrected chi connectivity index (χ1v) is 10.5. The van der Waals surface area contributed by atoms with Gasteiger partial charge in [0.15, 0.2) is 0 Å². The van der Waals surface area contributed by atoms with E-state index in [1.807, 2.05) is 35.0 Å². The van der Waals surface area contributed by atoms with E-state index in [2.05, 4.69) is 9.97 Å². The third-order valence-electron chi connectivity index (χ3n) is 3.43. The van der Waals surface area contributed by atoms with E-state index in [4.69, 9.17) is 16.3 Å². The zero-order valence-electron chi connectivity index (χ0n) is 13.2. The highest BCUT2D eigenvalue weighted by Gasteiger charge is 2.12. The van der Waals surface area contributed by atoms with Crippen LogP contribution in [0.2, 0.25) is 4.34 Å². The van der Waals surface area contributed by atoms with Crippen LogP contribution in [0.4, 0.5) is 0 Å². The lowest BCUT2D eigenvalue weighted by Crippen LogP contribution is -2.11. The fourth-order valence-electron chi connectivity index (χ4n) is 2.28. The molecule has 3 aromatic heterocycles. The lowest BCUT2D eigenvalue weighted by atomic mass is 10.2. The normalized spacial score (nSPS) is 10.8. The molecule has 0 aliphatic rings. The minimum absolute atomic E-state index is 0.129. The number of halogens is 1. The third kappa shape index (κ3) is 4.02. The second kappa shape index (κ2) is 7.67. The molecule has 0 bridgehead atoms. The molecule has 4 rings (SSSR count). The van der Waals surface area contributed by atoms with Gasteiger partial charge >= 0.3 is 5.97 Å². The molecule has 0 fully saturated rings. The summed E-state index contributed by atoms with van der Waals surface area (Å²) in [7, 11) is 0. The van der Waals surface area contributed by atoms with Crippen LogP contribution in [0.15, 0.2) is 53.4 Å². The molecule has 3 heterocycles. The Labute approximate surface area is 166 Å². The molecule has 0 radical (unpaired) electrons. The minimum atomic E-state index is -0.340. The monoisotopic (exact) mass is 418 g/mol. The van der Waals surface area contributed by atoms with Gasteiger partial charge in [0.1, 0.15) is 15.8 Å². The Bertz CT molecular complexity index is 1020. The van der Waals surface area contributed by atoms with Crippen LogP contribution in [0.5, 0.6) is 5.75 Å². The molecule has 0 saturated carbocycles. The van der Waals surface area contributed by atoms with Gasteiger partial charge in [-0.05, 0) is 36.4 Å². The number of carbonyl (C=O) groups excluding carboxylic acids is 1. The zero-order valence-corrected chi connectivity index (χ0v) is 16.4.